The SMILES string of the molecule is O=C(NCCCc1nc(-c2ccc(Br)o2)no1)C1CC1. The van der Waals surface area contributed by atoms with Crippen molar-refractivity contribution < 1.29 is 13.7 Å². The van der Waals surface area contributed by atoms with Crippen LogP contribution in [0, 0.1) is 5.92 Å². The minimum Gasteiger partial charge on any atom is -0.446 e. The number of amides is 1. The van der Waals surface area contributed by atoms with Gasteiger partial charge in [-0.3, -0.25) is 4.79 Å². The quantitative estimate of drug-likeness (QED) is 0.818. The Bertz CT molecular complexity index is 604. The van der Waals surface area contributed by atoms with Crippen molar-refractivity contribution in [2.75, 3.05) is 6.54 Å². The van der Waals surface area contributed by atoms with E-state index in [-0.39, 0.29) is 11.8 Å². The predicted octanol–water partition coefficient (Wildman–Crippen LogP) is 2.55. The number of aryl methyl sites for hydroxylation is 1. The fraction of sp³-hybridized carbons (Fsp3) is 0.462. The van der Waals surface area contributed by atoms with Crippen LogP contribution >= 0.6 is 15.9 Å². The smallest absolute Gasteiger partial charge is 0.238 e. The van der Waals surface area contributed by atoms with E-state index in [1.54, 1.807) is 12.1 Å². The molecule has 0 saturated heterocycles. The normalized spacial score (nSPS) is 14.4. The number of nitrogens with zero attached hydrogens (tertiary/aromatic N) is 2. The van der Waals surface area contributed by atoms with Crippen LogP contribution in [0.2, 0.25) is 0 Å². The lowest BCUT2D eigenvalue weighted by molar-refractivity contribution is -0.122. The zero-order valence-corrected chi connectivity index (χ0v) is 12.4. The van der Waals surface area contributed by atoms with E-state index in [0.29, 0.717) is 35.1 Å². The molecule has 1 aliphatic carbocycles. The van der Waals surface area contributed by atoms with E-state index >= 15 is 0 Å². The minimum absolute atomic E-state index is 0.164. The van der Waals surface area contributed by atoms with E-state index in [4.69, 9.17) is 8.94 Å². The second kappa shape index (κ2) is 5.78. The van der Waals surface area contributed by atoms with Gasteiger partial charge in [0.25, 0.3) is 0 Å². The van der Waals surface area contributed by atoms with Crippen LogP contribution in [0.25, 0.3) is 11.6 Å². The predicted molar refractivity (Wildman–Crippen MR) is 73.8 cm³/mol. The molecule has 7 heteroatoms. The molecule has 2 aromatic heterocycles. The zero-order valence-electron chi connectivity index (χ0n) is 10.8. The van der Waals surface area contributed by atoms with E-state index in [1.165, 1.54) is 0 Å². The molecule has 1 amide bonds. The Morgan fingerprint density at radius 2 is 2.30 bits per heavy atom. The van der Waals surface area contributed by atoms with Gasteiger partial charge >= 0.3 is 0 Å². The summed E-state index contributed by atoms with van der Waals surface area (Å²) in [5.74, 6) is 1.97. The number of carbonyl (C=O) groups excluding carboxylic acids is 1. The fourth-order valence-corrected chi connectivity index (χ4v) is 2.14. The Morgan fingerprint density at radius 1 is 1.45 bits per heavy atom. The minimum atomic E-state index is 0.164. The van der Waals surface area contributed by atoms with Gasteiger partial charge in [-0.25, -0.2) is 0 Å². The number of carbonyl (C=O) groups is 1. The molecule has 0 unspecified atom stereocenters. The molecule has 3 rings (SSSR count). The Morgan fingerprint density at radius 3 is 3.00 bits per heavy atom. The second-order valence-electron chi connectivity index (χ2n) is 4.78. The highest BCUT2D eigenvalue weighted by Crippen LogP contribution is 2.28. The van der Waals surface area contributed by atoms with E-state index in [1.807, 2.05) is 0 Å². The van der Waals surface area contributed by atoms with Crippen molar-refractivity contribution in [1.82, 2.24) is 15.5 Å². The van der Waals surface area contributed by atoms with Gasteiger partial charge in [-0.1, -0.05) is 5.16 Å². The number of furan rings is 1. The highest BCUT2D eigenvalue weighted by molar-refractivity contribution is 9.10. The first-order valence-corrected chi connectivity index (χ1v) is 7.37. The van der Waals surface area contributed by atoms with Gasteiger partial charge in [-0.2, -0.15) is 4.98 Å². The molecule has 0 spiro atoms. The fourth-order valence-electron chi connectivity index (χ4n) is 1.83. The Labute approximate surface area is 124 Å². The molecule has 2 aromatic rings. The number of rotatable bonds is 6. The highest BCUT2D eigenvalue weighted by Gasteiger charge is 2.28. The average molecular weight is 340 g/mol. The first-order valence-electron chi connectivity index (χ1n) is 6.58. The Kier molecular flexibility index (Phi) is 3.86. The maximum absolute atomic E-state index is 11.4. The molecule has 1 saturated carbocycles. The van der Waals surface area contributed by atoms with Crippen molar-refractivity contribution in [2.45, 2.75) is 25.7 Å². The average Bonchev–Trinajstić information content (AvgIpc) is 3.04. The van der Waals surface area contributed by atoms with Crippen molar-refractivity contribution >= 4 is 21.8 Å². The summed E-state index contributed by atoms with van der Waals surface area (Å²) in [7, 11) is 0. The Hall–Kier alpha value is -1.63. The summed E-state index contributed by atoms with van der Waals surface area (Å²) < 4.78 is 11.1. The van der Waals surface area contributed by atoms with Crippen molar-refractivity contribution in [1.29, 1.82) is 0 Å². The summed E-state index contributed by atoms with van der Waals surface area (Å²) >= 11 is 3.22. The molecular formula is C13H14BrN3O3. The van der Waals surface area contributed by atoms with Gasteiger partial charge in [-0.05, 0) is 47.3 Å². The van der Waals surface area contributed by atoms with Gasteiger partial charge in [0.15, 0.2) is 10.4 Å². The molecule has 2 heterocycles. The van der Waals surface area contributed by atoms with Gasteiger partial charge in [0.1, 0.15) is 0 Å². The molecule has 0 atom stereocenters. The van der Waals surface area contributed by atoms with Gasteiger partial charge in [-0.15, -0.1) is 0 Å². The van der Waals surface area contributed by atoms with E-state index in [2.05, 4.69) is 31.4 Å². The number of hydrogen-bond donors (Lipinski definition) is 1. The maximum atomic E-state index is 11.4. The van der Waals surface area contributed by atoms with Crippen LogP contribution in [0.4, 0.5) is 0 Å². The molecule has 6 nitrogen and oxygen atoms in total. The number of hydrogen-bond acceptors (Lipinski definition) is 5. The van der Waals surface area contributed by atoms with Crippen molar-refractivity contribution in [3.63, 3.8) is 0 Å². The van der Waals surface area contributed by atoms with Crippen LogP contribution < -0.4 is 5.32 Å². The zero-order chi connectivity index (χ0) is 13.9. The summed E-state index contributed by atoms with van der Waals surface area (Å²) in [4.78, 5) is 15.7. The van der Waals surface area contributed by atoms with Crippen molar-refractivity contribution in [3.8, 4) is 11.6 Å². The first-order chi connectivity index (χ1) is 9.72. The summed E-state index contributed by atoms with van der Waals surface area (Å²) in [6.45, 7) is 0.638. The third-order valence-corrected chi connectivity index (χ3v) is 3.50. The standard InChI is InChI=1S/C13H14BrN3O3/c14-10-6-5-9(19-10)12-16-11(20-17-12)2-1-7-15-13(18)8-3-4-8/h5-6,8H,1-4,7H2,(H,15,18). The molecular weight excluding hydrogens is 326 g/mol. The van der Waals surface area contributed by atoms with Crippen molar-refractivity contribution in [2.24, 2.45) is 5.92 Å². The molecule has 0 radical (unpaired) electrons. The summed E-state index contributed by atoms with van der Waals surface area (Å²) in [6.07, 6.45) is 3.47. The van der Waals surface area contributed by atoms with Crippen LogP contribution in [-0.4, -0.2) is 22.6 Å². The molecule has 0 aliphatic heterocycles. The van der Waals surface area contributed by atoms with Gasteiger partial charge in [0.05, 0.1) is 0 Å². The highest BCUT2D eigenvalue weighted by atomic mass is 79.9. The van der Waals surface area contributed by atoms with Crippen LogP contribution in [0.3, 0.4) is 0 Å². The van der Waals surface area contributed by atoms with E-state index in [0.717, 1.165) is 19.3 Å². The third kappa shape index (κ3) is 3.27. The van der Waals surface area contributed by atoms with Crippen LogP contribution in [0.1, 0.15) is 25.2 Å². The van der Waals surface area contributed by atoms with E-state index < -0.39 is 0 Å². The largest absolute Gasteiger partial charge is 0.446 e. The lowest BCUT2D eigenvalue weighted by atomic mass is 10.3. The lowest BCUT2D eigenvalue weighted by Crippen LogP contribution is -2.26. The van der Waals surface area contributed by atoms with Crippen LogP contribution in [0.15, 0.2) is 25.7 Å². The van der Waals surface area contributed by atoms with E-state index in [9.17, 15) is 4.79 Å². The first kappa shape index (κ1) is 13.4. The summed E-state index contributed by atoms with van der Waals surface area (Å²) in [5.41, 5.74) is 0. The van der Waals surface area contributed by atoms with Crippen LogP contribution in [-0.2, 0) is 11.2 Å². The molecule has 1 fully saturated rings. The summed E-state index contributed by atoms with van der Waals surface area (Å²) in [5, 5.41) is 6.77. The van der Waals surface area contributed by atoms with Crippen LogP contribution in [0.5, 0.6) is 0 Å². The second-order valence-corrected chi connectivity index (χ2v) is 5.57. The number of halogens is 1. The molecule has 0 bridgehead atoms. The maximum Gasteiger partial charge on any atom is 0.238 e. The Balaban J connectivity index is 1.46. The molecule has 1 aliphatic rings. The van der Waals surface area contributed by atoms with Gasteiger partial charge in [0.2, 0.25) is 17.6 Å². The number of nitrogens with one attached hydrogen (secondary N) is 1. The van der Waals surface area contributed by atoms with Crippen molar-refractivity contribution in [3.05, 3.63) is 22.7 Å². The number of aromatic nitrogens is 2. The molecule has 20 heavy (non-hydrogen) atoms. The lowest BCUT2D eigenvalue weighted by Gasteiger charge is -2.01. The monoisotopic (exact) mass is 339 g/mol. The van der Waals surface area contributed by atoms with Gasteiger partial charge in [0, 0.05) is 18.9 Å². The third-order valence-electron chi connectivity index (χ3n) is 3.08. The molecule has 1 N–H and O–H groups in total. The summed E-state index contributed by atoms with van der Waals surface area (Å²) in [6, 6.07) is 3.55. The molecule has 0 aromatic carbocycles. The molecule has 106 valence electrons. The van der Waals surface area contributed by atoms with Gasteiger partial charge < -0.3 is 14.3 Å². The topological polar surface area (TPSA) is 81.2 Å².